The monoisotopic (exact) mass is 240 g/mol. The molecule has 0 aliphatic carbocycles. The van der Waals surface area contributed by atoms with Crippen LogP contribution < -0.4 is 0 Å². The van der Waals surface area contributed by atoms with E-state index in [9.17, 15) is 9.00 Å². The van der Waals surface area contributed by atoms with Gasteiger partial charge in [0.25, 0.3) is 0 Å². The quantitative estimate of drug-likeness (QED) is 0.829. The highest BCUT2D eigenvalue weighted by molar-refractivity contribution is 7.85. The molecule has 1 N–H and O–H groups in total. The van der Waals surface area contributed by atoms with Gasteiger partial charge in [-0.25, -0.2) is 0 Å². The first-order chi connectivity index (χ1) is 7.63. The van der Waals surface area contributed by atoms with E-state index in [-0.39, 0.29) is 6.42 Å². The van der Waals surface area contributed by atoms with Gasteiger partial charge in [0, 0.05) is 10.6 Å². The van der Waals surface area contributed by atoms with Crippen molar-refractivity contribution in [3.05, 3.63) is 29.8 Å². The maximum Gasteiger partial charge on any atom is 0.307 e. The molecule has 0 heterocycles. The van der Waals surface area contributed by atoms with Crippen molar-refractivity contribution in [2.24, 2.45) is 0 Å². The number of benzene rings is 1. The molecule has 0 bridgehead atoms. The smallest absolute Gasteiger partial charge is 0.307 e. The molecule has 0 amide bonds. The van der Waals surface area contributed by atoms with Gasteiger partial charge in [0.05, 0.1) is 17.2 Å². The first kappa shape index (κ1) is 12.9. The fourth-order valence-electron chi connectivity index (χ4n) is 1.33. The molecule has 1 atom stereocenters. The molecule has 0 aliphatic rings. The van der Waals surface area contributed by atoms with Crippen LogP contribution in [0.3, 0.4) is 0 Å². The maximum absolute atomic E-state index is 11.7. The van der Waals surface area contributed by atoms with Crippen molar-refractivity contribution in [3.63, 3.8) is 0 Å². The molecular weight excluding hydrogens is 224 g/mol. The number of carbonyl (C=O) groups is 1. The van der Waals surface area contributed by atoms with Gasteiger partial charge in [-0.3, -0.25) is 9.00 Å². The molecule has 0 saturated heterocycles. The minimum atomic E-state index is -0.952. The van der Waals surface area contributed by atoms with Crippen molar-refractivity contribution < 1.29 is 14.1 Å². The normalized spacial score (nSPS) is 12.3. The fraction of sp³-hybridized carbons (Fsp3) is 0.417. The Morgan fingerprint density at radius 1 is 1.31 bits per heavy atom. The number of hydrogen-bond acceptors (Lipinski definition) is 2. The number of aliphatic carboxylic acids is 1. The summed E-state index contributed by atoms with van der Waals surface area (Å²) in [5.41, 5.74) is 0.740. The van der Waals surface area contributed by atoms with E-state index in [2.05, 4.69) is 6.92 Å². The molecular formula is C12H16O3S. The second kappa shape index (κ2) is 6.43. The van der Waals surface area contributed by atoms with E-state index in [1.165, 1.54) is 0 Å². The summed E-state index contributed by atoms with van der Waals surface area (Å²) in [6, 6.07) is 6.97. The Labute approximate surface area is 98.0 Å². The van der Waals surface area contributed by atoms with Crippen molar-refractivity contribution in [1.29, 1.82) is 0 Å². The minimum absolute atomic E-state index is 0.0157. The zero-order valence-electron chi connectivity index (χ0n) is 9.31. The van der Waals surface area contributed by atoms with E-state index in [1.807, 2.05) is 0 Å². The molecule has 16 heavy (non-hydrogen) atoms. The Kier molecular flexibility index (Phi) is 5.19. The summed E-state index contributed by atoms with van der Waals surface area (Å²) in [7, 11) is -0.952. The predicted octanol–water partition coefficient (Wildman–Crippen LogP) is 2.22. The molecule has 0 aliphatic heterocycles. The number of carboxylic acid groups (broad SMARTS) is 1. The molecule has 0 radical (unpaired) electrons. The molecule has 88 valence electrons. The maximum atomic E-state index is 11.7. The van der Waals surface area contributed by atoms with Gasteiger partial charge in [0.1, 0.15) is 0 Å². The third-order valence-electron chi connectivity index (χ3n) is 2.22. The Morgan fingerprint density at radius 3 is 2.44 bits per heavy atom. The highest BCUT2D eigenvalue weighted by atomic mass is 32.2. The van der Waals surface area contributed by atoms with Crippen molar-refractivity contribution in [3.8, 4) is 0 Å². The summed E-state index contributed by atoms with van der Waals surface area (Å²) in [4.78, 5) is 11.2. The van der Waals surface area contributed by atoms with Gasteiger partial charge in [0.15, 0.2) is 0 Å². The largest absolute Gasteiger partial charge is 0.481 e. The van der Waals surface area contributed by atoms with Crippen molar-refractivity contribution in [2.45, 2.75) is 31.1 Å². The van der Waals surface area contributed by atoms with Crippen LogP contribution in [0.1, 0.15) is 25.3 Å². The van der Waals surface area contributed by atoms with E-state index >= 15 is 0 Å². The molecule has 4 heteroatoms. The van der Waals surface area contributed by atoms with E-state index in [4.69, 9.17) is 5.11 Å². The third-order valence-corrected chi connectivity index (χ3v) is 3.68. The second-order valence-electron chi connectivity index (χ2n) is 3.62. The van der Waals surface area contributed by atoms with Crippen LogP contribution in [0.5, 0.6) is 0 Å². The first-order valence-electron chi connectivity index (χ1n) is 5.32. The minimum Gasteiger partial charge on any atom is -0.481 e. The van der Waals surface area contributed by atoms with E-state index in [0.29, 0.717) is 5.75 Å². The van der Waals surface area contributed by atoms with E-state index < -0.39 is 16.8 Å². The van der Waals surface area contributed by atoms with Crippen molar-refractivity contribution in [1.82, 2.24) is 0 Å². The lowest BCUT2D eigenvalue weighted by atomic mass is 10.2. The summed E-state index contributed by atoms with van der Waals surface area (Å²) in [5, 5.41) is 8.60. The summed E-state index contributed by atoms with van der Waals surface area (Å²) < 4.78 is 11.7. The molecule has 1 rings (SSSR count). The predicted molar refractivity (Wildman–Crippen MR) is 64.0 cm³/mol. The summed E-state index contributed by atoms with van der Waals surface area (Å²) in [6.45, 7) is 2.06. The van der Waals surface area contributed by atoms with Crippen LogP contribution in [0.4, 0.5) is 0 Å². The van der Waals surface area contributed by atoms with Crippen LogP contribution in [-0.4, -0.2) is 21.0 Å². The zero-order chi connectivity index (χ0) is 12.0. The molecule has 1 aromatic rings. The first-order valence-corrected chi connectivity index (χ1v) is 6.64. The van der Waals surface area contributed by atoms with Crippen molar-refractivity contribution in [2.75, 3.05) is 5.75 Å². The SMILES string of the molecule is CCCCS(=O)c1ccc(CC(=O)O)cc1. The number of hydrogen-bond donors (Lipinski definition) is 1. The van der Waals surface area contributed by atoms with Gasteiger partial charge in [0.2, 0.25) is 0 Å². The molecule has 0 spiro atoms. The third kappa shape index (κ3) is 4.14. The Hall–Kier alpha value is -1.16. The number of rotatable bonds is 6. The van der Waals surface area contributed by atoms with Crippen LogP contribution >= 0.6 is 0 Å². The lowest BCUT2D eigenvalue weighted by Gasteiger charge is -2.02. The number of carboxylic acids is 1. The van der Waals surface area contributed by atoms with E-state index in [0.717, 1.165) is 23.3 Å². The zero-order valence-corrected chi connectivity index (χ0v) is 10.1. The summed E-state index contributed by atoms with van der Waals surface area (Å²) in [6.07, 6.45) is 1.99. The van der Waals surface area contributed by atoms with Crippen molar-refractivity contribution >= 4 is 16.8 Å². The Bertz CT molecular complexity index is 370. The van der Waals surface area contributed by atoms with Crippen LogP contribution in [-0.2, 0) is 22.0 Å². The van der Waals surface area contributed by atoms with Gasteiger partial charge in [-0.15, -0.1) is 0 Å². The van der Waals surface area contributed by atoms with Crippen LogP contribution in [0.2, 0.25) is 0 Å². The topological polar surface area (TPSA) is 54.4 Å². The molecule has 0 aromatic heterocycles. The van der Waals surface area contributed by atoms with E-state index in [1.54, 1.807) is 24.3 Å². The van der Waals surface area contributed by atoms with Gasteiger partial charge < -0.3 is 5.11 Å². The second-order valence-corrected chi connectivity index (χ2v) is 5.19. The lowest BCUT2D eigenvalue weighted by Crippen LogP contribution is -2.01. The van der Waals surface area contributed by atoms with Gasteiger partial charge in [-0.05, 0) is 24.1 Å². The summed E-state index contributed by atoms with van der Waals surface area (Å²) >= 11 is 0. The standard InChI is InChI=1S/C12H16O3S/c1-2-3-8-16(15)11-6-4-10(5-7-11)9-12(13)14/h4-7H,2-3,8-9H2,1H3,(H,13,14). The average Bonchev–Trinajstić information content (AvgIpc) is 2.26. The number of unbranched alkanes of at least 4 members (excludes halogenated alkanes) is 1. The highest BCUT2D eigenvalue weighted by Gasteiger charge is 2.04. The molecule has 0 saturated carbocycles. The molecule has 0 fully saturated rings. The fourth-order valence-corrected chi connectivity index (χ4v) is 2.55. The summed E-state index contributed by atoms with van der Waals surface area (Å²) in [5.74, 6) is -0.172. The molecule has 1 unspecified atom stereocenters. The molecule has 1 aromatic carbocycles. The molecule has 3 nitrogen and oxygen atoms in total. The van der Waals surface area contributed by atoms with Gasteiger partial charge >= 0.3 is 5.97 Å². The van der Waals surface area contributed by atoms with Crippen LogP contribution in [0, 0.1) is 0 Å². The van der Waals surface area contributed by atoms with Crippen LogP contribution in [0.25, 0.3) is 0 Å². The van der Waals surface area contributed by atoms with Crippen LogP contribution in [0.15, 0.2) is 29.2 Å². The lowest BCUT2D eigenvalue weighted by molar-refractivity contribution is -0.136. The highest BCUT2D eigenvalue weighted by Crippen LogP contribution is 2.11. The van der Waals surface area contributed by atoms with Gasteiger partial charge in [-0.2, -0.15) is 0 Å². The van der Waals surface area contributed by atoms with Gasteiger partial charge in [-0.1, -0.05) is 25.5 Å². The Balaban J connectivity index is 2.63. The average molecular weight is 240 g/mol. The Morgan fingerprint density at radius 2 is 1.94 bits per heavy atom.